The fourth-order valence-corrected chi connectivity index (χ4v) is 2.53. The van der Waals surface area contributed by atoms with Crippen molar-refractivity contribution in [1.82, 2.24) is 5.32 Å². The van der Waals surface area contributed by atoms with Crippen molar-refractivity contribution in [2.75, 3.05) is 5.32 Å². The van der Waals surface area contributed by atoms with Crippen LogP contribution in [0.2, 0.25) is 0 Å². The molecule has 2 N–H and O–H groups in total. The molecule has 0 unspecified atom stereocenters. The van der Waals surface area contributed by atoms with Crippen LogP contribution in [-0.4, -0.2) is 17.9 Å². The molecule has 0 aromatic heterocycles. The third-order valence-electron chi connectivity index (χ3n) is 3.77. The number of benzene rings is 1. The number of amides is 2. The summed E-state index contributed by atoms with van der Waals surface area (Å²) < 4.78 is 0. The van der Waals surface area contributed by atoms with Gasteiger partial charge in [0.1, 0.15) is 6.04 Å². The van der Waals surface area contributed by atoms with Crippen LogP contribution in [0.5, 0.6) is 0 Å². The van der Waals surface area contributed by atoms with Crippen molar-refractivity contribution >= 4 is 17.5 Å². The highest BCUT2D eigenvalue weighted by Crippen LogP contribution is 2.23. The minimum absolute atomic E-state index is 0.0143. The molecular weight excluding hydrogens is 252 g/mol. The molecule has 0 radical (unpaired) electrons. The van der Waals surface area contributed by atoms with Gasteiger partial charge in [-0.1, -0.05) is 37.5 Å². The lowest BCUT2D eigenvalue weighted by molar-refractivity contribution is -0.129. The minimum atomic E-state index is -0.510. The fourth-order valence-electron chi connectivity index (χ4n) is 2.53. The summed E-state index contributed by atoms with van der Waals surface area (Å²) in [6.07, 6.45) is 5.33. The Balaban J connectivity index is 1.82. The summed E-state index contributed by atoms with van der Waals surface area (Å²) in [5.74, 6) is -0.0866. The number of rotatable bonds is 4. The Kier molecular flexibility index (Phi) is 5.16. The van der Waals surface area contributed by atoms with Crippen LogP contribution in [0.1, 0.15) is 39.0 Å². The first-order chi connectivity index (χ1) is 9.66. The first kappa shape index (κ1) is 14.6. The highest BCUT2D eigenvalue weighted by atomic mass is 16.2. The first-order valence-corrected chi connectivity index (χ1v) is 7.33. The van der Waals surface area contributed by atoms with Gasteiger partial charge in [-0.25, -0.2) is 0 Å². The van der Waals surface area contributed by atoms with Gasteiger partial charge in [0.25, 0.3) is 0 Å². The molecule has 1 fully saturated rings. The number of anilines is 1. The van der Waals surface area contributed by atoms with E-state index in [1.807, 2.05) is 30.3 Å². The lowest BCUT2D eigenvalue weighted by Gasteiger charge is -2.23. The molecule has 0 spiro atoms. The topological polar surface area (TPSA) is 58.2 Å². The Morgan fingerprint density at radius 2 is 1.75 bits per heavy atom. The maximum absolute atomic E-state index is 12.1. The zero-order valence-corrected chi connectivity index (χ0v) is 11.9. The predicted octanol–water partition coefficient (Wildman–Crippen LogP) is 2.71. The summed E-state index contributed by atoms with van der Waals surface area (Å²) in [4.78, 5) is 24.1. The van der Waals surface area contributed by atoms with E-state index in [1.165, 1.54) is 6.42 Å². The molecule has 0 heterocycles. The van der Waals surface area contributed by atoms with E-state index in [4.69, 9.17) is 0 Å². The van der Waals surface area contributed by atoms with Gasteiger partial charge >= 0.3 is 0 Å². The summed E-state index contributed by atoms with van der Waals surface area (Å²) in [5, 5.41) is 5.61. The van der Waals surface area contributed by atoms with Crippen molar-refractivity contribution in [2.45, 2.75) is 45.1 Å². The van der Waals surface area contributed by atoms with E-state index in [9.17, 15) is 9.59 Å². The van der Waals surface area contributed by atoms with E-state index in [1.54, 1.807) is 6.92 Å². The number of para-hydroxylation sites is 1. The smallest absolute Gasteiger partial charge is 0.246 e. The number of nitrogens with one attached hydrogen (secondary N) is 2. The quantitative estimate of drug-likeness (QED) is 0.887. The Hall–Kier alpha value is -1.84. The highest BCUT2D eigenvalue weighted by molar-refractivity contribution is 5.97. The number of hydrogen-bond donors (Lipinski definition) is 2. The Morgan fingerprint density at radius 1 is 1.10 bits per heavy atom. The van der Waals surface area contributed by atoms with Crippen LogP contribution < -0.4 is 10.6 Å². The summed E-state index contributed by atoms with van der Waals surface area (Å²) in [5.41, 5.74) is 0.747. The lowest BCUT2D eigenvalue weighted by Crippen LogP contribution is -2.44. The zero-order chi connectivity index (χ0) is 14.4. The molecule has 2 rings (SSSR count). The third-order valence-corrected chi connectivity index (χ3v) is 3.77. The lowest BCUT2D eigenvalue weighted by atomic mass is 9.88. The van der Waals surface area contributed by atoms with Gasteiger partial charge in [-0.3, -0.25) is 9.59 Å². The molecule has 2 amide bonds. The van der Waals surface area contributed by atoms with E-state index in [-0.39, 0.29) is 17.7 Å². The van der Waals surface area contributed by atoms with Gasteiger partial charge in [-0.15, -0.1) is 0 Å². The molecule has 4 heteroatoms. The minimum Gasteiger partial charge on any atom is -0.344 e. The van der Waals surface area contributed by atoms with Gasteiger partial charge in [0.05, 0.1) is 0 Å². The molecule has 1 aromatic rings. The van der Waals surface area contributed by atoms with E-state index in [0.717, 1.165) is 31.4 Å². The van der Waals surface area contributed by atoms with Gasteiger partial charge in [-0.2, -0.15) is 0 Å². The van der Waals surface area contributed by atoms with E-state index in [2.05, 4.69) is 10.6 Å². The van der Waals surface area contributed by atoms with Crippen LogP contribution in [0.25, 0.3) is 0 Å². The standard InChI is InChI=1S/C16H22N2O2/c1-12(15(19)18-14-10-6-3-7-11-14)17-16(20)13-8-4-2-5-9-13/h3,6-7,10-13H,2,4-5,8-9H2,1H3,(H,17,20)(H,18,19)/t12-/m1/s1. The highest BCUT2D eigenvalue weighted by Gasteiger charge is 2.24. The van der Waals surface area contributed by atoms with Crippen LogP contribution in [0.3, 0.4) is 0 Å². The monoisotopic (exact) mass is 274 g/mol. The van der Waals surface area contributed by atoms with E-state index >= 15 is 0 Å². The second-order valence-corrected chi connectivity index (χ2v) is 5.42. The van der Waals surface area contributed by atoms with Gasteiger partial charge in [0.15, 0.2) is 0 Å². The van der Waals surface area contributed by atoms with Gasteiger partial charge < -0.3 is 10.6 Å². The molecule has 1 saturated carbocycles. The summed E-state index contributed by atoms with van der Waals surface area (Å²) >= 11 is 0. The molecule has 4 nitrogen and oxygen atoms in total. The SMILES string of the molecule is C[C@@H](NC(=O)C1CCCCC1)C(=O)Nc1ccccc1. The molecule has 108 valence electrons. The van der Waals surface area contributed by atoms with Crippen molar-refractivity contribution in [2.24, 2.45) is 5.92 Å². The number of carbonyl (C=O) groups excluding carboxylic acids is 2. The predicted molar refractivity (Wildman–Crippen MR) is 79.3 cm³/mol. The van der Waals surface area contributed by atoms with Crippen molar-refractivity contribution in [3.63, 3.8) is 0 Å². The molecule has 0 saturated heterocycles. The molecule has 1 aromatic carbocycles. The Labute approximate surface area is 119 Å². The number of carbonyl (C=O) groups is 2. The second kappa shape index (κ2) is 7.08. The van der Waals surface area contributed by atoms with Crippen molar-refractivity contribution < 1.29 is 9.59 Å². The fraction of sp³-hybridized carbons (Fsp3) is 0.500. The largest absolute Gasteiger partial charge is 0.344 e. The van der Waals surface area contributed by atoms with Gasteiger partial charge in [0.2, 0.25) is 11.8 Å². The molecule has 0 bridgehead atoms. The molecule has 20 heavy (non-hydrogen) atoms. The molecule has 1 aliphatic carbocycles. The maximum Gasteiger partial charge on any atom is 0.246 e. The van der Waals surface area contributed by atoms with E-state index in [0.29, 0.717) is 0 Å². The van der Waals surface area contributed by atoms with Crippen LogP contribution in [0.15, 0.2) is 30.3 Å². The van der Waals surface area contributed by atoms with Crippen LogP contribution in [0, 0.1) is 5.92 Å². The van der Waals surface area contributed by atoms with Crippen LogP contribution in [-0.2, 0) is 9.59 Å². The Morgan fingerprint density at radius 3 is 2.40 bits per heavy atom. The van der Waals surface area contributed by atoms with Crippen LogP contribution >= 0.6 is 0 Å². The molecular formula is C16H22N2O2. The molecule has 1 atom stereocenters. The average Bonchev–Trinajstić information content (AvgIpc) is 2.49. The third kappa shape index (κ3) is 4.08. The summed E-state index contributed by atoms with van der Waals surface area (Å²) in [6, 6.07) is 8.76. The van der Waals surface area contributed by atoms with Gasteiger partial charge in [0, 0.05) is 11.6 Å². The van der Waals surface area contributed by atoms with E-state index < -0.39 is 6.04 Å². The normalized spacial score (nSPS) is 17.2. The zero-order valence-electron chi connectivity index (χ0n) is 11.9. The van der Waals surface area contributed by atoms with Crippen LogP contribution in [0.4, 0.5) is 5.69 Å². The molecule has 1 aliphatic rings. The second-order valence-electron chi connectivity index (χ2n) is 5.42. The first-order valence-electron chi connectivity index (χ1n) is 7.33. The number of hydrogen-bond acceptors (Lipinski definition) is 2. The van der Waals surface area contributed by atoms with Crippen molar-refractivity contribution in [1.29, 1.82) is 0 Å². The summed E-state index contributed by atoms with van der Waals surface area (Å²) in [7, 11) is 0. The van der Waals surface area contributed by atoms with Crippen molar-refractivity contribution in [3.05, 3.63) is 30.3 Å². The van der Waals surface area contributed by atoms with Gasteiger partial charge in [-0.05, 0) is 31.9 Å². The molecule has 0 aliphatic heterocycles. The maximum atomic E-state index is 12.1. The average molecular weight is 274 g/mol. The summed E-state index contributed by atoms with van der Waals surface area (Å²) in [6.45, 7) is 1.72. The Bertz CT molecular complexity index is 453. The van der Waals surface area contributed by atoms with Crippen molar-refractivity contribution in [3.8, 4) is 0 Å².